The topological polar surface area (TPSA) is 0 Å². The predicted octanol–water partition coefficient (Wildman–Crippen LogP) is 7.03. The van der Waals surface area contributed by atoms with Crippen LogP contribution in [0.5, 0.6) is 0 Å². The van der Waals surface area contributed by atoms with Crippen LogP contribution in [-0.2, 0) is 0 Å². The minimum atomic E-state index is 0.939. The molecule has 0 amide bonds. The molecule has 0 bridgehead atoms. The summed E-state index contributed by atoms with van der Waals surface area (Å²) in [5.41, 5.74) is 0. The molecule has 0 spiro atoms. The summed E-state index contributed by atoms with van der Waals surface area (Å²) < 4.78 is 2.59. The molecule has 0 saturated heterocycles. The van der Waals surface area contributed by atoms with Gasteiger partial charge >= 0.3 is 0 Å². The zero-order chi connectivity index (χ0) is 20.6. The summed E-state index contributed by atoms with van der Waals surface area (Å²) in [6.45, 7) is 15.0. The molecule has 0 aromatic rings. The Labute approximate surface area is 173 Å². The Bertz CT molecular complexity index is 275. The lowest BCUT2D eigenvalue weighted by Crippen LogP contribution is -2.50. The summed E-state index contributed by atoms with van der Waals surface area (Å²) in [5.74, 6) is 0. The molecule has 0 aromatic heterocycles. The second-order valence-corrected chi connectivity index (χ2v) is 10.1. The van der Waals surface area contributed by atoms with E-state index in [1.165, 1.54) is 119 Å². The van der Waals surface area contributed by atoms with Gasteiger partial charge in [-0.05, 0) is 51.4 Å². The highest BCUT2D eigenvalue weighted by Crippen LogP contribution is 2.23. The van der Waals surface area contributed by atoms with E-state index in [2.05, 4.69) is 48.8 Å². The largest absolute Gasteiger partial charge is 0.328 e. The van der Waals surface area contributed by atoms with Crippen molar-refractivity contribution in [3.8, 4) is 0 Å². The van der Waals surface area contributed by atoms with Crippen molar-refractivity contribution in [2.75, 3.05) is 47.3 Å². The van der Waals surface area contributed by atoms with Crippen LogP contribution < -0.4 is 0 Å². The van der Waals surface area contributed by atoms with Crippen molar-refractivity contribution in [3.05, 3.63) is 0 Å². The molecule has 27 heavy (non-hydrogen) atoms. The van der Waals surface area contributed by atoms with Crippen LogP contribution >= 0.6 is 0 Å². The fourth-order valence-electron chi connectivity index (χ4n) is 4.50. The van der Waals surface area contributed by atoms with Gasteiger partial charge in [0.25, 0.3) is 0 Å². The quantitative estimate of drug-likeness (QED) is 0.299. The Kier molecular flexibility index (Phi) is 15.8. The van der Waals surface area contributed by atoms with E-state index in [9.17, 15) is 0 Å². The molecule has 0 atom stereocenters. The lowest BCUT2D eigenvalue weighted by atomic mass is 9.94. The molecule has 0 aliphatic heterocycles. The summed E-state index contributed by atoms with van der Waals surface area (Å²) >= 11 is 0. The molecule has 1 aliphatic carbocycles. The maximum atomic E-state index is 2.33. The number of hydrogen-bond donors (Lipinski definition) is 0. The first-order chi connectivity index (χ1) is 12.8. The molecule has 1 rings (SSSR count). The minimum absolute atomic E-state index is 0.939. The molecule has 0 unspecified atom stereocenters. The first-order valence-corrected chi connectivity index (χ1v) is 12.5. The van der Waals surface area contributed by atoms with E-state index in [4.69, 9.17) is 0 Å². The van der Waals surface area contributed by atoms with E-state index in [0.717, 1.165) is 6.04 Å². The van der Waals surface area contributed by atoms with Crippen molar-refractivity contribution in [3.63, 3.8) is 0 Å². The number of quaternary nitrogens is 2. The Morgan fingerprint density at radius 2 is 0.889 bits per heavy atom. The average molecular weight is 385 g/mol. The van der Waals surface area contributed by atoms with Gasteiger partial charge in [0.15, 0.2) is 0 Å². The van der Waals surface area contributed by atoms with Gasteiger partial charge in [0, 0.05) is 0 Å². The molecule has 1 fully saturated rings. The van der Waals surface area contributed by atoms with Gasteiger partial charge in [-0.15, -0.1) is 0 Å². The van der Waals surface area contributed by atoms with Crippen LogP contribution in [0.15, 0.2) is 0 Å². The third-order valence-electron chi connectivity index (χ3n) is 6.61. The molecular formula is C25H56N2+2. The summed E-state index contributed by atoms with van der Waals surface area (Å²) in [6.07, 6.45) is 18.3. The number of hydrogen-bond acceptors (Lipinski definition) is 0. The summed E-state index contributed by atoms with van der Waals surface area (Å²) in [6, 6.07) is 0.939. The normalized spacial score (nSPS) is 16.1. The van der Waals surface area contributed by atoms with E-state index in [1.807, 2.05) is 0 Å². The molecule has 164 valence electrons. The third-order valence-corrected chi connectivity index (χ3v) is 6.61. The number of nitrogens with zero attached hydrogens (tertiary/aromatic N) is 2. The minimum Gasteiger partial charge on any atom is -0.328 e. The summed E-state index contributed by atoms with van der Waals surface area (Å²) in [7, 11) is 6.95. The second-order valence-electron chi connectivity index (χ2n) is 10.1. The van der Waals surface area contributed by atoms with Gasteiger partial charge in [0.1, 0.15) is 0 Å². The third kappa shape index (κ3) is 12.9. The van der Waals surface area contributed by atoms with Crippen molar-refractivity contribution in [1.82, 2.24) is 0 Å². The van der Waals surface area contributed by atoms with Crippen LogP contribution in [0.4, 0.5) is 0 Å². The highest BCUT2D eigenvalue weighted by molar-refractivity contribution is 4.64. The maximum Gasteiger partial charge on any atom is 0.0884 e. The van der Waals surface area contributed by atoms with E-state index in [0.29, 0.717) is 0 Å². The van der Waals surface area contributed by atoms with Crippen LogP contribution in [-0.4, -0.2) is 62.3 Å². The van der Waals surface area contributed by atoms with Gasteiger partial charge in [-0.3, -0.25) is 0 Å². The lowest BCUT2D eigenvalue weighted by Gasteiger charge is -2.39. The van der Waals surface area contributed by atoms with Gasteiger partial charge in [-0.25, -0.2) is 0 Å². The van der Waals surface area contributed by atoms with E-state index in [-0.39, 0.29) is 0 Å². The first kappa shape index (κ1) is 26.9. The predicted molar refractivity (Wildman–Crippen MR) is 124 cm³/mol. The Hall–Kier alpha value is -0.0800. The fraction of sp³-hybridized carbons (Fsp3) is 1.00. The Morgan fingerprint density at radius 1 is 0.556 bits per heavy atom. The Balaban J connectivity index is 0.000000569. The van der Waals surface area contributed by atoms with Crippen molar-refractivity contribution in [2.24, 2.45) is 0 Å². The van der Waals surface area contributed by atoms with Crippen LogP contribution in [0.25, 0.3) is 0 Å². The average Bonchev–Trinajstić information content (AvgIpc) is 2.67. The SMILES string of the molecule is CCCC[N+](CCCC)(CCCC)CCCC.C[N+](C)(C)C1CCCCC1. The van der Waals surface area contributed by atoms with Crippen LogP contribution in [0.3, 0.4) is 0 Å². The second kappa shape index (κ2) is 15.8. The highest BCUT2D eigenvalue weighted by Gasteiger charge is 2.25. The van der Waals surface area contributed by atoms with E-state index < -0.39 is 0 Å². The summed E-state index contributed by atoms with van der Waals surface area (Å²) in [5, 5.41) is 0. The van der Waals surface area contributed by atoms with Crippen molar-refractivity contribution in [2.45, 2.75) is 117 Å². The first-order valence-electron chi connectivity index (χ1n) is 12.5. The Morgan fingerprint density at radius 3 is 1.11 bits per heavy atom. The standard InChI is InChI=1S/C16H36N.C9H20N/c1-5-9-13-17(14-10-6-2,15-11-7-3)16-12-8-4;1-10(2,3)9-7-5-4-6-8-9/h5-16H2,1-4H3;9H,4-8H2,1-3H3/q2*+1. The summed E-state index contributed by atoms with van der Waals surface area (Å²) in [4.78, 5) is 0. The maximum absolute atomic E-state index is 2.33. The fourth-order valence-corrected chi connectivity index (χ4v) is 4.50. The monoisotopic (exact) mass is 384 g/mol. The van der Waals surface area contributed by atoms with Gasteiger partial charge in [-0.2, -0.15) is 0 Å². The lowest BCUT2D eigenvalue weighted by molar-refractivity contribution is -0.929. The van der Waals surface area contributed by atoms with Crippen molar-refractivity contribution >= 4 is 0 Å². The van der Waals surface area contributed by atoms with Crippen LogP contribution in [0, 0.1) is 0 Å². The smallest absolute Gasteiger partial charge is 0.0884 e. The van der Waals surface area contributed by atoms with Crippen LogP contribution in [0.1, 0.15) is 111 Å². The molecule has 1 aliphatic rings. The molecule has 2 nitrogen and oxygen atoms in total. The zero-order valence-electron chi connectivity index (χ0n) is 20.5. The number of rotatable bonds is 13. The zero-order valence-corrected chi connectivity index (χ0v) is 20.5. The van der Waals surface area contributed by atoms with Gasteiger partial charge in [0.2, 0.25) is 0 Å². The highest BCUT2D eigenvalue weighted by atomic mass is 15.3. The van der Waals surface area contributed by atoms with Gasteiger partial charge < -0.3 is 8.97 Å². The molecule has 1 saturated carbocycles. The molecule has 0 radical (unpaired) electrons. The van der Waals surface area contributed by atoms with Crippen molar-refractivity contribution in [1.29, 1.82) is 0 Å². The molecule has 0 aromatic carbocycles. The molecular weight excluding hydrogens is 328 g/mol. The van der Waals surface area contributed by atoms with Crippen LogP contribution in [0.2, 0.25) is 0 Å². The van der Waals surface area contributed by atoms with Gasteiger partial charge in [0.05, 0.1) is 53.4 Å². The van der Waals surface area contributed by atoms with E-state index in [1.54, 1.807) is 0 Å². The molecule has 0 heterocycles. The van der Waals surface area contributed by atoms with Gasteiger partial charge in [-0.1, -0.05) is 59.8 Å². The molecule has 2 heteroatoms. The molecule has 0 N–H and O–H groups in total. The van der Waals surface area contributed by atoms with Crippen molar-refractivity contribution < 1.29 is 8.97 Å². The van der Waals surface area contributed by atoms with E-state index >= 15 is 0 Å². The number of unbranched alkanes of at least 4 members (excludes halogenated alkanes) is 4.